The van der Waals surface area contributed by atoms with Gasteiger partial charge in [0.2, 0.25) is 5.91 Å². The minimum Gasteiger partial charge on any atom is -0.392 e. The molecule has 0 bridgehead atoms. The van der Waals surface area contributed by atoms with Crippen molar-refractivity contribution in [2.75, 3.05) is 38.5 Å². The van der Waals surface area contributed by atoms with Crippen LogP contribution < -0.4 is 0 Å². The third kappa shape index (κ3) is 4.93. The molecule has 1 amide bonds. The van der Waals surface area contributed by atoms with E-state index in [-0.39, 0.29) is 29.4 Å². The smallest absolute Gasteiger partial charge is 0.223 e. The van der Waals surface area contributed by atoms with Gasteiger partial charge in [-0.15, -0.1) is 0 Å². The summed E-state index contributed by atoms with van der Waals surface area (Å²) < 4.78 is 24.4. The van der Waals surface area contributed by atoms with Crippen LogP contribution in [0.1, 0.15) is 39.0 Å². The number of sulfone groups is 1. The van der Waals surface area contributed by atoms with Crippen LogP contribution in [0.4, 0.5) is 0 Å². The van der Waals surface area contributed by atoms with Crippen molar-refractivity contribution in [1.82, 2.24) is 9.80 Å². The highest BCUT2D eigenvalue weighted by molar-refractivity contribution is 7.92. The first-order valence-corrected chi connectivity index (χ1v) is 10.00. The Morgan fingerprint density at radius 1 is 1.18 bits per heavy atom. The lowest BCUT2D eigenvalue weighted by Gasteiger charge is -2.35. The van der Waals surface area contributed by atoms with Crippen LogP contribution >= 0.6 is 0 Å². The predicted octanol–water partition coefficient (Wildman–Crippen LogP) is 0.259. The van der Waals surface area contributed by atoms with Gasteiger partial charge in [0.15, 0.2) is 9.84 Å². The molecule has 0 aromatic heterocycles. The number of piperazine rings is 1. The average Bonchev–Trinajstić information content (AvgIpc) is 3.00. The second kappa shape index (κ2) is 7.75. The van der Waals surface area contributed by atoms with Gasteiger partial charge in [0, 0.05) is 39.1 Å². The second-order valence-electron chi connectivity index (χ2n) is 6.55. The first kappa shape index (κ1) is 17.7. The number of rotatable bonds is 6. The number of β-amino-alcohol motifs (C(OH)–C–C–N with tert-alkyl or cyclic N) is 1. The SMILES string of the molecule is C[C@H](O)CN1CCN(C(=O)CCS(=O)(=O)C2CCCC2)CC1. The molecule has 2 aliphatic rings. The van der Waals surface area contributed by atoms with Crippen molar-refractivity contribution in [2.45, 2.75) is 50.4 Å². The molecule has 1 atom stereocenters. The lowest BCUT2D eigenvalue weighted by atomic mass is 10.2. The molecular formula is C15H28N2O4S. The molecule has 1 saturated carbocycles. The van der Waals surface area contributed by atoms with E-state index in [1.807, 2.05) is 0 Å². The Morgan fingerprint density at radius 3 is 2.32 bits per heavy atom. The van der Waals surface area contributed by atoms with Crippen LogP contribution in [0.2, 0.25) is 0 Å². The van der Waals surface area contributed by atoms with Crippen molar-refractivity contribution in [1.29, 1.82) is 0 Å². The van der Waals surface area contributed by atoms with Crippen LogP contribution in [0.15, 0.2) is 0 Å². The highest BCUT2D eigenvalue weighted by Crippen LogP contribution is 2.25. The summed E-state index contributed by atoms with van der Waals surface area (Å²) in [5, 5.41) is 9.15. The van der Waals surface area contributed by atoms with Gasteiger partial charge in [-0.1, -0.05) is 12.8 Å². The van der Waals surface area contributed by atoms with Gasteiger partial charge in [-0.25, -0.2) is 8.42 Å². The Hall–Kier alpha value is -0.660. The van der Waals surface area contributed by atoms with E-state index in [1.165, 1.54) is 0 Å². The van der Waals surface area contributed by atoms with Crippen LogP contribution in [0, 0.1) is 0 Å². The maximum Gasteiger partial charge on any atom is 0.223 e. The molecule has 1 heterocycles. The summed E-state index contributed by atoms with van der Waals surface area (Å²) in [6.07, 6.45) is 3.24. The van der Waals surface area contributed by atoms with Gasteiger partial charge in [0.25, 0.3) is 0 Å². The quantitative estimate of drug-likeness (QED) is 0.755. The van der Waals surface area contributed by atoms with Gasteiger partial charge in [-0.2, -0.15) is 0 Å². The lowest BCUT2D eigenvalue weighted by molar-refractivity contribution is -0.132. The normalized spacial score (nSPS) is 22.9. The van der Waals surface area contributed by atoms with Gasteiger partial charge in [-0.3, -0.25) is 9.69 Å². The summed E-state index contributed by atoms with van der Waals surface area (Å²) >= 11 is 0. The van der Waals surface area contributed by atoms with Gasteiger partial charge in [0.05, 0.1) is 17.1 Å². The van der Waals surface area contributed by atoms with E-state index in [1.54, 1.807) is 11.8 Å². The van der Waals surface area contributed by atoms with E-state index in [2.05, 4.69) is 4.90 Å². The van der Waals surface area contributed by atoms with Crippen molar-refractivity contribution in [3.05, 3.63) is 0 Å². The van der Waals surface area contributed by atoms with E-state index in [4.69, 9.17) is 0 Å². The fourth-order valence-electron chi connectivity index (χ4n) is 3.36. The van der Waals surface area contributed by atoms with E-state index in [9.17, 15) is 18.3 Å². The molecular weight excluding hydrogens is 304 g/mol. The zero-order chi connectivity index (χ0) is 16.2. The van der Waals surface area contributed by atoms with Crippen LogP contribution in [0.3, 0.4) is 0 Å². The molecule has 0 spiro atoms. The molecule has 128 valence electrons. The second-order valence-corrected chi connectivity index (χ2v) is 8.95. The molecule has 2 rings (SSSR count). The first-order chi connectivity index (χ1) is 10.4. The largest absolute Gasteiger partial charge is 0.392 e. The molecule has 22 heavy (non-hydrogen) atoms. The standard InChI is InChI=1S/C15H28N2O4S/c1-13(18)12-16-7-9-17(10-8-16)15(19)6-11-22(20,21)14-4-2-3-5-14/h13-14,18H,2-12H2,1H3/t13-/m0/s1. The van der Waals surface area contributed by atoms with E-state index in [0.29, 0.717) is 19.6 Å². The molecule has 6 nitrogen and oxygen atoms in total. The molecule has 2 fully saturated rings. The first-order valence-electron chi connectivity index (χ1n) is 8.28. The zero-order valence-electron chi connectivity index (χ0n) is 13.4. The monoisotopic (exact) mass is 332 g/mol. The Bertz CT molecular complexity index is 464. The lowest BCUT2D eigenvalue weighted by Crippen LogP contribution is -2.50. The number of aliphatic hydroxyl groups excluding tert-OH is 1. The Balaban J connectivity index is 1.74. The van der Waals surface area contributed by atoms with Crippen molar-refractivity contribution < 1.29 is 18.3 Å². The summed E-state index contributed by atoms with van der Waals surface area (Å²) in [4.78, 5) is 16.1. The Labute approximate surface area is 133 Å². The maximum atomic E-state index is 12.2. The van der Waals surface area contributed by atoms with Crippen molar-refractivity contribution >= 4 is 15.7 Å². The van der Waals surface area contributed by atoms with E-state index in [0.717, 1.165) is 38.8 Å². The Morgan fingerprint density at radius 2 is 1.77 bits per heavy atom. The minimum absolute atomic E-state index is 0.00954. The van der Waals surface area contributed by atoms with Gasteiger partial charge in [0.1, 0.15) is 0 Å². The molecule has 1 saturated heterocycles. The maximum absolute atomic E-state index is 12.2. The molecule has 1 N–H and O–H groups in total. The summed E-state index contributed by atoms with van der Waals surface area (Å²) in [6, 6.07) is 0. The number of hydrogen-bond acceptors (Lipinski definition) is 5. The third-order valence-corrected chi connectivity index (χ3v) is 6.92. The van der Waals surface area contributed by atoms with Crippen LogP contribution in [-0.2, 0) is 14.6 Å². The van der Waals surface area contributed by atoms with Gasteiger partial charge in [-0.05, 0) is 19.8 Å². The molecule has 0 radical (unpaired) electrons. The number of nitrogens with zero attached hydrogens (tertiary/aromatic N) is 2. The van der Waals surface area contributed by atoms with Gasteiger partial charge >= 0.3 is 0 Å². The highest BCUT2D eigenvalue weighted by atomic mass is 32.2. The topological polar surface area (TPSA) is 77.9 Å². The highest BCUT2D eigenvalue weighted by Gasteiger charge is 2.30. The Kier molecular flexibility index (Phi) is 6.23. The van der Waals surface area contributed by atoms with Crippen molar-refractivity contribution in [2.24, 2.45) is 0 Å². The molecule has 1 aliphatic heterocycles. The molecule has 1 aliphatic carbocycles. The van der Waals surface area contributed by atoms with E-state index < -0.39 is 9.84 Å². The van der Waals surface area contributed by atoms with E-state index >= 15 is 0 Å². The number of carbonyl (C=O) groups is 1. The molecule has 0 aromatic rings. The molecule has 7 heteroatoms. The summed E-state index contributed by atoms with van der Waals surface area (Å²) in [5.74, 6) is -0.0667. The van der Waals surface area contributed by atoms with Crippen molar-refractivity contribution in [3.63, 3.8) is 0 Å². The molecule has 0 aromatic carbocycles. The summed E-state index contributed by atoms with van der Waals surface area (Å²) in [7, 11) is -3.11. The number of aliphatic hydroxyl groups is 1. The van der Waals surface area contributed by atoms with Crippen molar-refractivity contribution in [3.8, 4) is 0 Å². The third-order valence-electron chi connectivity index (χ3n) is 4.66. The summed E-state index contributed by atoms with van der Waals surface area (Å²) in [6.45, 7) is 5.10. The number of hydrogen-bond donors (Lipinski definition) is 1. The van der Waals surface area contributed by atoms with Gasteiger partial charge < -0.3 is 10.0 Å². The van der Waals surface area contributed by atoms with Crippen LogP contribution in [-0.4, -0.2) is 79.1 Å². The zero-order valence-corrected chi connectivity index (χ0v) is 14.2. The fourth-order valence-corrected chi connectivity index (χ4v) is 5.20. The molecule has 0 unspecified atom stereocenters. The predicted molar refractivity (Wildman–Crippen MR) is 85.4 cm³/mol. The minimum atomic E-state index is -3.11. The summed E-state index contributed by atoms with van der Waals surface area (Å²) in [5.41, 5.74) is 0. The number of amides is 1. The van der Waals surface area contributed by atoms with Crippen LogP contribution in [0.5, 0.6) is 0 Å². The van der Waals surface area contributed by atoms with Crippen LogP contribution in [0.25, 0.3) is 0 Å². The fraction of sp³-hybridized carbons (Fsp3) is 0.933. The number of carbonyl (C=O) groups excluding carboxylic acids is 1. The average molecular weight is 332 g/mol.